The van der Waals surface area contributed by atoms with Gasteiger partial charge in [0.1, 0.15) is 0 Å². The van der Waals surface area contributed by atoms with Crippen LogP contribution >= 0.6 is 0 Å². The van der Waals surface area contributed by atoms with Crippen LogP contribution in [0.15, 0.2) is 0 Å². The van der Waals surface area contributed by atoms with Crippen LogP contribution < -0.4 is 5.32 Å². The minimum atomic E-state index is 0.199. The van der Waals surface area contributed by atoms with Crippen LogP contribution in [0.5, 0.6) is 0 Å². The highest BCUT2D eigenvalue weighted by Gasteiger charge is 2.32. The molecular weight excluding hydrogens is 186 g/mol. The summed E-state index contributed by atoms with van der Waals surface area (Å²) in [6.45, 7) is 14.6. The minimum Gasteiger partial charge on any atom is -0.377 e. The Morgan fingerprint density at radius 3 is 2.20 bits per heavy atom. The zero-order valence-corrected chi connectivity index (χ0v) is 11.2. The summed E-state index contributed by atoms with van der Waals surface area (Å²) >= 11 is 0. The second-order valence-electron chi connectivity index (χ2n) is 6.74. The Kier molecular flexibility index (Phi) is 3.83. The lowest BCUT2D eigenvalue weighted by Gasteiger charge is -2.36. The second-order valence-corrected chi connectivity index (χ2v) is 6.74. The van der Waals surface area contributed by atoms with Gasteiger partial charge in [0.15, 0.2) is 0 Å². The van der Waals surface area contributed by atoms with Crippen molar-refractivity contribution in [2.45, 2.75) is 72.1 Å². The van der Waals surface area contributed by atoms with E-state index in [0.29, 0.717) is 17.6 Å². The molecule has 0 aromatic carbocycles. The second kappa shape index (κ2) is 4.42. The van der Waals surface area contributed by atoms with E-state index >= 15 is 0 Å². The van der Waals surface area contributed by atoms with Crippen LogP contribution in [0, 0.1) is 5.41 Å². The quantitative estimate of drug-likeness (QED) is 0.778. The van der Waals surface area contributed by atoms with Gasteiger partial charge in [-0.3, -0.25) is 0 Å². The zero-order chi connectivity index (χ0) is 11.7. The summed E-state index contributed by atoms with van der Waals surface area (Å²) < 4.78 is 5.58. The molecule has 0 unspecified atom stereocenters. The molecule has 2 atom stereocenters. The normalized spacial score (nSPS) is 28.4. The summed E-state index contributed by atoms with van der Waals surface area (Å²) in [5.41, 5.74) is 0.573. The van der Waals surface area contributed by atoms with Crippen LogP contribution in [0.25, 0.3) is 0 Å². The van der Waals surface area contributed by atoms with Crippen molar-refractivity contribution >= 4 is 0 Å². The third kappa shape index (κ3) is 4.52. The molecule has 0 aromatic heterocycles. The van der Waals surface area contributed by atoms with E-state index in [2.05, 4.69) is 46.9 Å². The first-order valence-electron chi connectivity index (χ1n) is 6.09. The Labute approximate surface area is 94.8 Å². The summed E-state index contributed by atoms with van der Waals surface area (Å²) in [5.74, 6) is 0. The van der Waals surface area contributed by atoms with Gasteiger partial charge in [0.05, 0.1) is 6.10 Å². The Hall–Kier alpha value is -0.0800. The highest BCUT2D eigenvalue weighted by atomic mass is 16.5. The maximum absolute atomic E-state index is 5.58. The van der Waals surface area contributed by atoms with Gasteiger partial charge in [0.25, 0.3) is 0 Å². The maximum Gasteiger partial charge on any atom is 0.0700 e. The fourth-order valence-corrected chi connectivity index (χ4v) is 2.80. The van der Waals surface area contributed by atoms with E-state index in [9.17, 15) is 0 Å². The summed E-state index contributed by atoms with van der Waals surface area (Å²) in [4.78, 5) is 0. The number of hydrogen-bond donors (Lipinski definition) is 1. The number of nitrogens with one attached hydrogen (secondary N) is 1. The fraction of sp³-hybridized carbons (Fsp3) is 1.00. The third-order valence-electron chi connectivity index (χ3n) is 2.92. The smallest absolute Gasteiger partial charge is 0.0700 e. The fourth-order valence-electron chi connectivity index (χ4n) is 2.80. The molecule has 90 valence electrons. The average molecular weight is 213 g/mol. The summed E-state index contributed by atoms with van der Waals surface area (Å²) in [6.07, 6.45) is 2.70. The number of ether oxygens (including phenoxy) is 1. The highest BCUT2D eigenvalue weighted by molar-refractivity contribution is 4.90. The summed E-state index contributed by atoms with van der Waals surface area (Å²) in [6, 6.07) is 0.530. The first kappa shape index (κ1) is 13.0. The van der Waals surface area contributed by atoms with Crippen LogP contribution in [0.1, 0.15) is 54.4 Å². The first-order chi connectivity index (χ1) is 6.70. The van der Waals surface area contributed by atoms with Crippen LogP contribution in [0.3, 0.4) is 0 Å². The van der Waals surface area contributed by atoms with E-state index in [1.807, 2.05) is 0 Å². The number of hydrogen-bond acceptors (Lipinski definition) is 2. The molecule has 1 rings (SSSR count). The Bertz CT molecular complexity index is 205. The van der Waals surface area contributed by atoms with Crippen molar-refractivity contribution in [3.63, 3.8) is 0 Å². The van der Waals surface area contributed by atoms with Gasteiger partial charge in [-0.25, -0.2) is 0 Å². The van der Waals surface area contributed by atoms with Gasteiger partial charge in [0.2, 0.25) is 0 Å². The molecule has 0 amide bonds. The molecular formula is C13H27NO. The molecule has 1 aliphatic heterocycles. The van der Waals surface area contributed by atoms with Crippen molar-refractivity contribution in [2.24, 2.45) is 5.41 Å². The molecule has 2 nitrogen and oxygen atoms in total. The van der Waals surface area contributed by atoms with Crippen molar-refractivity contribution < 1.29 is 4.74 Å². The predicted octanol–water partition coefficient (Wildman–Crippen LogP) is 2.97. The van der Waals surface area contributed by atoms with Crippen molar-refractivity contribution in [3.8, 4) is 0 Å². The van der Waals surface area contributed by atoms with Gasteiger partial charge in [-0.1, -0.05) is 20.8 Å². The highest BCUT2D eigenvalue weighted by Crippen LogP contribution is 2.28. The van der Waals surface area contributed by atoms with Gasteiger partial charge < -0.3 is 10.1 Å². The van der Waals surface area contributed by atoms with Crippen molar-refractivity contribution in [1.29, 1.82) is 0 Å². The van der Waals surface area contributed by atoms with Gasteiger partial charge >= 0.3 is 0 Å². The average Bonchev–Trinajstić information content (AvgIpc) is 2.29. The lowest BCUT2D eigenvalue weighted by molar-refractivity contribution is 0.102. The van der Waals surface area contributed by atoms with Gasteiger partial charge in [-0.05, 0) is 39.0 Å². The molecule has 0 spiro atoms. The van der Waals surface area contributed by atoms with E-state index in [4.69, 9.17) is 4.74 Å². The van der Waals surface area contributed by atoms with Crippen molar-refractivity contribution in [1.82, 2.24) is 5.32 Å². The van der Waals surface area contributed by atoms with E-state index in [1.54, 1.807) is 0 Å². The van der Waals surface area contributed by atoms with Crippen LogP contribution in [-0.4, -0.2) is 24.3 Å². The SMILES string of the molecule is C[C@H]1OCC[C@H]1NC(C)(C)CC(C)(C)C. The molecule has 0 bridgehead atoms. The number of rotatable bonds is 3. The minimum absolute atomic E-state index is 0.199. The molecule has 1 N–H and O–H groups in total. The molecule has 15 heavy (non-hydrogen) atoms. The predicted molar refractivity (Wildman–Crippen MR) is 65.1 cm³/mol. The van der Waals surface area contributed by atoms with Crippen molar-refractivity contribution in [3.05, 3.63) is 0 Å². The molecule has 2 heteroatoms. The Morgan fingerprint density at radius 2 is 1.80 bits per heavy atom. The molecule has 0 saturated carbocycles. The topological polar surface area (TPSA) is 21.3 Å². The molecule has 1 aliphatic rings. The van der Waals surface area contributed by atoms with E-state index in [0.717, 1.165) is 13.0 Å². The standard InChI is InChI=1S/C13H27NO/c1-10-11(7-8-15-10)14-13(5,6)9-12(2,3)4/h10-11,14H,7-9H2,1-6H3/t10-,11-/m1/s1. The van der Waals surface area contributed by atoms with E-state index < -0.39 is 0 Å². The van der Waals surface area contributed by atoms with Gasteiger partial charge in [-0.2, -0.15) is 0 Å². The summed E-state index contributed by atoms with van der Waals surface area (Å²) in [5, 5.41) is 3.74. The molecule has 0 aromatic rings. The van der Waals surface area contributed by atoms with Crippen LogP contribution in [0.4, 0.5) is 0 Å². The van der Waals surface area contributed by atoms with Crippen molar-refractivity contribution in [2.75, 3.05) is 6.61 Å². The molecule has 1 fully saturated rings. The third-order valence-corrected chi connectivity index (χ3v) is 2.92. The van der Waals surface area contributed by atoms with Crippen LogP contribution in [0.2, 0.25) is 0 Å². The maximum atomic E-state index is 5.58. The monoisotopic (exact) mass is 213 g/mol. The molecule has 1 saturated heterocycles. The van der Waals surface area contributed by atoms with Crippen LogP contribution in [-0.2, 0) is 4.74 Å². The molecule has 1 heterocycles. The lowest BCUT2D eigenvalue weighted by atomic mass is 9.81. The Balaban J connectivity index is 2.48. The van der Waals surface area contributed by atoms with E-state index in [1.165, 1.54) is 6.42 Å². The molecule has 0 radical (unpaired) electrons. The summed E-state index contributed by atoms with van der Waals surface area (Å²) in [7, 11) is 0. The Morgan fingerprint density at radius 1 is 1.20 bits per heavy atom. The van der Waals surface area contributed by atoms with Gasteiger partial charge in [-0.15, -0.1) is 0 Å². The van der Waals surface area contributed by atoms with Gasteiger partial charge in [0, 0.05) is 18.2 Å². The zero-order valence-electron chi connectivity index (χ0n) is 11.2. The largest absolute Gasteiger partial charge is 0.377 e. The lowest BCUT2D eigenvalue weighted by Crippen LogP contribution is -2.50. The molecule has 0 aliphatic carbocycles. The first-order valence-corrected chi connectivity index (χ1v) is 6.09. The van der Waals surface area contributed by atoms with E-state index in [-0.39, 0.29) is 5.54 Å².